The highest BCUT2D eigenvalue weighted by molar-refractivity contribution is 5.78. The van der Waals surface area contributed by atoms with E-state index in [0.717, 1.165) is 30.9 Å². The monoisotopic (exact) mass is 289 g/mol. The second-order valence-corrected chi connectivity index (χ2v) is 6.30. The van der Waals surface area contributed by atoms with Gasteiger partial charge < -0.3 is 5.32 Å². The van der Waals surface area contributed by atoms with Gasteiger partial charge in [0.1, 0.15) is 0 Å². The van der Waals surface area contributed by atoms with Gasteiger partial charge in [-0.05, 0) is 50.4 Å². The molecule has 1 aromatic rings. The number of likely N-dealkylation sites (tertiary alicyclic amines) is 1. The van der Waals surface area contributed by atoms with Crippen molar-refractivity contribution in [3.05, 3.63) is 29.6 Å². The molecule has 2 heterocycles. The van der Waals surface area contributed by atoms with Crippen LogP contribution in [0.5, 0.6) is 0 Å². The van der Waals surface area contributed by atoms with Crippen molar-refractivity contribution in [2.45, 2.75) is 46.1 Å². The van der Waals surface area contributed by atoms with Gasteiger partial charge in [0.15, 0.2) is 0 Å². The van der Waals surface area contributed by atoms with Crippen molar-refractivity contribution in [3.8, 4) is 0 Å². The second kappa shape index (κ2) is 7.55. The Balaban J connectivity index is 1.85. The number of nitrogens with zero attached hydrogens (tertiary/aromatic N) is 2. The quantitative estimate of drug-likeness (QED) is 0.873. The Morgan fingerprint density at radius 2 is 2.10 bits per heavy atom. The smallest absolute Gasteiger partial charge is 0.226 e. The molecule has 0 saturated carbocycles. The zero-order chi connectivity index (χ0) is 15.2. The molecule has 0 bridgehead atoms. The Bertz CT molecular complexity index is 467. The first-order valence-electron chi connectivity index (χ1n) is 7.99. The molecule has 0 radical (unpaired) electrons. The van der Waals surface area contributed by atoms with Crippen LogP contribution in [0.1, 0.15) is 37.9 Å². The molecule has 1 aliphatic rings. The fraction of sp³-hybridized carbons (Fsp3) is 0.647. The van der Waals surface area contributed by atoms with Gasteiger partial charge in [0.25, 0.3) is 0 Å². The normalized spacial score (nSPS) is 17.1. The van der Waals surface area contributed by atoms with Crippen LogP contribution in [0.3, 0.4) is 0 Å². The molecule has 1 amide bonds. The van der Waals surface area contributed by atoms with Crippen LogP contribution >= 0.6 is 0 Å². The van der Waals surface area contributed by atoms with E-state index < -0.39 is 0 Å². The number of carbonyl (C=O) groups is 1. The molecule has 21 heavy (non-hydrogen) atoms. The molecule has 0 aliphatic carbocycles. The third-order valence-electron chi connectivity index (χ3n) is 4.33. The molecule has 0 spiro atoms. The summed E-state index contributed by atoms with van der Waals surface area (Å²) in [6.07, 6.45) is 4.68. The number of rotatable bonds is 6. The molecule has 1 aromatic heterocycles. The predicted octanol–water partition coefficient (Wildman–Crippen LogP) is 2.17. The third-order valence-corrected chi connectivity index (χ3v) is 4.33. The molecular formula is C17H27N3O. The van der Waals surface area contributed by atoms with Crippen LogP contribution in [0.25, 0.3) is 0 Å². The van der Waals surface area contributed by atoms with Gasteiger partial charge in [0.05, 0.1) is 12.1 Å². The molecule has 2 rings (SSSR count). The van der Waals surface area contributed by atoms with Crippen LogP contribution < -0.4 is 5.32 Å². The van der Waals surface area contributed by atoms with Crippen molar-refractivity contribution in [1.29, 1.82) is 0 Å². The molecule has 1 N–H and O–H groups in total. The lowest BCUT2D eigenvalue weighted by molar-refractivity contribution is -0.120. The van der Waals surface area contributed by atoms with Gasteiger partial charge in [-0.1, -0.05) is 19.9 Å². The number of nitrogens with one attached hydrogen (secondary N) is 1. The summed E-state index contributed by atoms with van der Waals surface area (Å²) in [5.74, 6) is 0.627. The van der Waals surface area contributed by atoms with Crippen molar-refractivity contribution < 1.29 is 4.79 Å². The average Bonchev–Trinajstić information content (AvgIpc) is 2.95. The van der Waals surface area contributed by atoms with E-state index in [-0.39, 0.29) is 5.91 Å². The minimum atomic E-state index is 0.0710. The molecule has 1 aliphatic heterocycles. The van der Waals surface area contributed by atoms with Crippen molar-refractivity contribution in [2.24, 2.45) is 5.92 Å². The fourth-order valence-corrected chi connectivity index (χ4v) is 3.00. The van der Waals surface area contributed by atoms with Gasteiger partial charge >= 0.3 is 0 Å². The van der Waals surface area contributed by atoms with Gasteiger partial charge in [-0.3, -0.25) is 14.7 Å². The third kappa shape index (κ3) is 4.53. The fourth-order valence-electron chi connectivity index (χ4n) is 3.00. The molecule has 4 heteroatoms. The summed E-state index contributed by atoms with van der Waals surface area (Å²) in [5, 5.41) is 3.10. The minimum absolute atomic E-state index is 0.0710. The van der Waals surface area contributed by atoms with E-state index in [1.165, 1.54) is 12.8 Å². The number of amides is 1. The SMILES string of the molecule is Cc1cccnc1CC(=O)NC[C@@H](C(C)C)N1CCCC1. The maximum atomic E-state index is 12.1. The van der Waals surface area contributed by atoms with Crippen LogP contribution in [0.4, 0.5) is 0 Å². The number of pyridine rings is 1. The van der Waals surface area contributed by atoms with Crippen molar-refractivity contribution in [1.82, 2.24) is 15.2 Å². The molecule has 1 saturated heterocycles. The standard InChI is InChI=1S/C17H27N3O/c1-13(2)16(20-9-4-5-10-20)12-19-17(21)11-15-14(3)7-6-8-18-15/h6-8,13,16H,4-5,9-12H2,1-3H3,(H,19,21)/t16-/m0/s1. The Morgan fingerprint density at radius 3 is 2.71 bits per heavy atom. The molecule has 0 unspecified atom stereocenters. The van der Waals surface area contributed by atoms with Gasteiger partial charge in [0.2, 0.25) is 5.91 Å². The second-order valence-electron chi connectivity index (χ2n) is 6.30. The summed E-state index contributed by atoms with van der Waals surface area (Å²) < 4.78 is 0. The Hall–Kier alpha value is -1.42. The van der Waals surface area contributed by atoms with Crippen LogP contribution in [0, 0.1) is 12.8 Å². The van der Waals surface area contributed by atoms with Gasteiger partial charge in [-0.15, -0.1) is 0 Å². The zero-order valence-electron chi connectivity index (χ0n) is 13.4. The van der Waals surface area contributed by atoms with Crippen molar-refractivity contribution >= 4 is 5.91 Å². The Kier molecular flexibility index (Phi) is 5.74. The summed E-state index contributed by atoms with van der Waals surface area (Å²) in [6.45, 7) is 9.53. The highest BCUT2D eigenvalue weighted by atomic mass is 16.1. The lowest BCUT2D eigenvalue weighted by atomic mass is 10.0. The molecule has 0 aromatic carbocycles. The summed E-state index contributed by atoms with van der Waals surface area (Å²) in [7, 11) is 0. The summed E-state index contributed by atoms with van der Waals surface area (Å²) in [5.41, 5.74) is 1.95. The van der Waals surface area contributed by atoms with Crippen LogP contribution in [0.2, 0.25) is 0 Å². The largest absolute Gasteiger partial charge is 0.354 e. The number of aromatic nitrogens is 1. The molecule has 4 nitrogen and oxygen atoms in total. The summed E-state index contributed by atoms with van der Waals surface area (Å²) in [6, 6.07) is 4.34. The van der Waals surface area contributed by atoms with E-state index in [9.17, 15) is 4.79 Å². The van der Waals surface area contributed by atoms with Gasteiger partial charge in [-0.2, -0.15) is 0 Å². The summed E-state index contributed by atoms with van der Waals surface area (Å²) >= 11 is 0. The van der Waals surface area contributed by atoms with Crippen molar-refractivity contribution in [3.63, 3.8) is 0 Å². The number of carbonyl (C=O) groups excluding carboxylic acids is 1. The van der Waals surface area contributed by atoms with E-state index in [2.05, 4.69) is 29.0 Å². The van der Waals surface area contributed by atoms with Crippen LogP contribution in [-0.4, -0.2) is 41.5 Å². The van der Waals surface area contributed by atoms with Crippen LogP contribution in [-0.2, 0) is 11.2 Å². The topological polar surface area (TPSA) is 45.2 Å². The lowest BCUT2D eigenvalue weighted by Gasteiger charge is -2.31. The maximum absolute atomic E-state index is 12.1. The van der Waals surface area contributed by atoms with E-state index >= 15 is 0 Å². The van der Waals surface area contributed by atoms with Gasteiger partial charge in [-0.25, -0.2) is 0 Å². The molecule has 1 fully saturated rings. The van der Waals surface area contributed by atoms with E-state index in [4.69, 9.17) is 0 Å². The highest BCUT2D eigenvalue weighted by Gasteiger charge is 2.24. The van der Waals surface area contributed by atoms with E-state index in [1.807, 2.05) is 19.1 Å². The summed E-state index contributed by atoms with van der Waals surface area (Å²) in [4.78, 5) is 18.9. The van der Waals surface area contributed by atoms with E-state index in [0.29, 0.717) is 18.4 Å². The molecule has 116 valence electrons. The van der Waals surface area contributed by atoms with Crippen LogP contribution in [0.15, 0.2) is 18.3 Å². The zero-order valence-corrected chi connectivity index (χ0v) is 13.4. The first-order valence-corrected chi connectivity index (χ1v) is 7.99. The number of hydrogen-bond acceptors (Lipinski definition) is 3. The molecular weight excluding hydrogens is 262 g/mol. The number of hydrogen-bond donors (Lipinski definition) is 1. The predicted molar refractivity (Wildman–Crippen MR) is 85.1 cm³/mol. The Labute approximate surface area is 127 Å². The Morgan fingerprint density at radius 1 is 1.38 bits per heavy atom. The first kappa shape index (κ1) is 16.0. The maximum Gasteiger partial charge on any atom is 0.226 e. The van der Waals surface area contributed by atoms with Crippen molar-refractivity contribution in [2.75, 3.05) is 19.6 Å². The first-order chi connectivity index (χ1) is 10.1. The lowest BCUT2D eigenvalue weighted by Crippen LogP contribution is -2.46. The highest BCUT2D eigenvalue weighted by Crippen LogP contribution is 2.17. The van der Waals surface area contributed by atoms with Gasteiger partial charge in [0, 0.05) is 18.8 Å². The molecule has 1 atom stereocenters. The minimum Gasteiger partial charge on any atom is -0.354 e. The number of aryl methyl sites for hydroxylation is 1. The average molecular weight is 289 g/mol. The van der Waals surface area contributed by atoms with E-state index in [1.54, 1.807) is 6.20 Å².